The van der Waals surface area contributed by atoms with Crippen molar-refractivity contribution >= 4 is 121 Å². The summed E-state index contributed by atoms with van der Waals surface area (Å²) < 4.78 is 2.41. The van der Waals surface area contributed by atoms with Crippen LogP contribution in [0.3, 0.4) is 0 Å². The van der Waals surface area contributed by atoms with Gasteiger partial charge in [0, 0.05) is 95.8 Å². The predicted molar refractivity (Wildman–Crippen MR) is 365 cm³/mol. The normalized spacial score (nSPS) is 11.8. The van der Waals surface area contributed by atoms with E-state index in [1.54, 1.807) is 0 Å². The Morgan fingerprint density at radius 2 is 0.805 bits per heavy atom. The third-order valence-corrected chi connectivity index (χ3v) is 16.8. The molecule has 0 amide bonds. The molecule has 17 aromatic rings. The summed E-state index contributed by atoms with van der Waals surface area (Å²) in [7, 11) is 0. The average Bonchev–Trinajstić information content (AvgIpc) is 1.84. The van der Waals surface area contributed by atoms with Gasteiger partial charge < -0.3 is 9.55 Å². The standard InChI is InChI=1S/C40H25N3.C20H13ClN2.C20H12N/c1-3-13-28(14-4-1)39-33-25-30(21-22-34(33)41-40(42-39)29-15-5-2-6-16-29)43-35-23-19-26-11-7-9-17-31(26)37(35)38-32-18-10-8-12-27(32)20-24-36(38)43;21-16-11-12-18-17(13-16)19(14-7-3-1-4-8-14)23-20(22-18)15-9-5-2-6-10-15;1-3-7-15-13(5-1)9-11-17-19(15)20-16-8-4-2-6-14(16)10-12-18(20)21-17/h1-25H;1-13H;1-5,7-12,21H/q;;+1. The van der Waals surface area contributed by atoms with Crippen molar-refractivity contribution in [2.24, 2.45) is 0 Å². The van der Waals surface area contributed by atoms with Gasteiger partial charge >= 0.3 is 0 Å². The lowest BCUT2D eigenvalue weighted by Crippen LogP contribution is -2.25. The topological polar surface area (TPSA) is 72.3 Å². The number of fused-ring (bicyclic) bond motifs is 16. The molecule has 0 atom stereocenters. The lowest BCUT2D eigenvalue weighted by atomic mass is 10.00. The summed E-state index contributed by atoms with van der Waals surface area (Å²) in [5.74, 6) is 1.45. The Kier molecular flexibility index (Phi) is 12.8. The van der Waals surface area contributed by atoms with Gasteiger partial charge in [0.1, 0.15) is 0 Å². The maximum absolute atomic E-state index is 6.18. The van der Waals surface area contributed by atoms with Crippen LogP contribution in [-0.2, 0) is 0 Å². The molecule has 1 aliphatic carbocycles. The van der Waals surface area contributed by atoms with Crippen LogP contribution in [0.2, 0.25) is 5.02 Å². The van der Waals surface area contributed by atoms with Crippen molar-refractivity contribution in [2.45, 2.75) is 0 Å². The molecule has 7 heteroatoms. The van der Waals surface area contributed by atoms with Crippen molar-refractivity contribution in [1.29, 1.82) is 0 Å². The second-order valence-electron chi connectivity index (χ2n) is 21.8. The van der Waals surface area contributed by atoms with E-state index >= 15 is 0 Å². The number of H-pyrrole nitrogens is 1. The number of benzene rings is 13. The molecule has 4 heterocycles. The molecule has 0 saturated carbocycles. The molecule has 87 heavy (non-hydrogen) atoms. The molecular weight excluding hydrogens is 1080 g/mol. The molecule has 0 saturated heterocycles. The van der Waals surface area contributed by atoms with Crippen molar-refractivity contribution in [1.82, 2.24) is 29.5 Å². The number of hydrogen-bond acceptors (Lipinski definition) is 4. The minimum absolute atomic E-state index is 0.686. The molecule has 0 radical (unpaired) electrons. The fourth-order valence-electron chi connectivity index (χ4n) is 12.6. The van der Waals surface area contributed by atoms with E-state index in [0.29, 0.717) is 5.02 Å². The van der Waals surface area contributed by atoms with E-state index in [0.717, 1.165) is 72.8 Å². The molecule has 13 aromatic carbocycles. The van der Waals surface area contributed by atoms with E-state index in [-0.39, 0.29) is 0 Å². The molecule has 0 bridgehead atoms. The summed E-state index contributed by atoms with van der Waals surface area (Å²) in [6, 6.07) is 96.8. The van der Waals surface area contributed by atoms with E-state index in [9.17, 15) is 0 Å². The van der Waals surface area contributed by atoms with Gasteiger partial charge in [0.05, 0.1) is 55.7 Å². The average molecular weight is 1130 g/mol. The maximum atomic E-state index is 6.18. The van der Waals surface area contributed by atoms with Gasteiger partial charge in [-0.2, -0.15) is 0 Å². The highest BCUT2D eigenvalue weighted by atomic mass is 35.5. The highest BCUT2D eigenvalue weighted by molar-refractivity contribution is 6.31. The highest BCUT2D eigenvalue weighted by Crippen LogP contribution is 2.42. The zero-order chi connectivity index (χ0) is 57.8. The van der Waals surface area contributed by atoms with Crippen molar-refractivity contribution in [3.8, 4) is 51.0 Å². The Balaban J connectivity index is 0.000000117. The largest absolute Gasteiger partial charge is 0.353 e. The van der Waals surface area contributed by atoms with E-state index in [1.165, 1.54) is 86.4 Å². The molecule has 0 spiro atoms. The lowest BCUT2D eigenvalue weighted by molar-refractivity contribution is 1.18. The van der Waals surface area contributed by atoms with Gasteiger partial charge in [-0.1, -0.05) is 224 Å². The lowest BCUT2D eigenvalue weighted by Gasteiger charge is -2.13. The predicted octanol–water partition coefficient (Wildman–Crippen LogP) is 19.5. The summed E-state index contributed by atoms with van der Waals surface area (Å²) in [5.41, 5.74) is 13.6. The SMILES string of the molecule is Clc1ccc2nc(-c3ccccc3)nc(-c3ccccc3)c2c1.[C+]1=c2ccc3[nH]c4ccc5ccccc5c4c3c2=CC=C1.c1ccc(-c2nc(-c3ccccc3)c3cc(-n4c5ccc6ccccc6c5c5c6ccccc6ccc54)ccc3n2)cc1. The molecule has 1 N–H and O–H groups in total. The smallest absolute Gasteiger partial charge is 0.160 e. The minimum Gasteiger partial charge on any atom is -0.353 e. The minimum atomic E-state index is 0.686. The zero-order valence-corrected chi connectivity index (χ0v) is 47.7. The Hall–Kier alpha value is -11.4. The Morgan fingerprint density at radius 1 is 0.356 bits per heavy atom. The summed E-state index contributed by atoms with van der Waals surface area (Å²) in [6.45, 7) is 0. The van der Waals surface area contributed by atoms with Crippen LogP contribution in [0.5, 0.6) is 0 Å². The molecule has 18 rings (SSSR count). The van der Waals surface area contributed by atoms with Crippen molar-refractivity contribution in [3.05, 3.63) is 307 Å². The fourth-order valence-corrected chi connectivity index (χ4v) is 12.8. The van der Waals surface area contributed by atoms with Crippen molar-refractivity contribution in [2.75, 3.05) is 0 Å². The van der Waals surface area contributed by atoms with Gasteiger partial charge in [-0.15, -0.1) is 0 Å². The van der Waals surface area contributed by atoms with Crippen LogP contribution in [0.4, 0.5) is 0 Å². The fraction of sp³-hybridized carbons (Fsp3) is 0. The number of nitrogens with zero attached hydrogens (tertiary/aromatic N) is 5. The Labute approximate surface area is 505 Å². The monoisotopic (exact) mass is 1130 g/mol. The summed E-state index contributed by atoms with van der Waals surface area (Å²) >= 11 is 6.18. The van der Waals surface area contributed by atoms with E-state index in [4.69, 9.17) is 31.5 Å². The Morgan fingerprint density at radius 3 is 1.36 bits per heavy atom. The van der Waals surface area contributed by atoms with Crippen molar-refractivity contribution in [3.63, 3.8) is 0 Å². The van der Waals surface area contributed by atoms with Crippen LogP contribution in [0.15, 0.2) is 291 Å². The second kappa shape index (κ2) is 21.7. The van der Waals surface area contributed by atoms with Gasteiger partial charge in [0.25, 0.3) is 0 Å². The quantitative estimate of drug-likeness (QED) is 0.174. The number of nitrogens with one attached hydrogen (secondary N) is 1. The van der Waals surface area contributed by atoms with Crippen LogP contribution >= 0.6 is 11.6 Å². The first-order valence-corrected chi connectivity index (χ1v) is 29.5. The van der Waals surface area contributed by atoms with E-state index in [2.05, 4.69) is 216 Å². The number of rotatable bonds is 5. The molecule has 0 aliphatic heterocycles. The van der Waals surface area contributed by atoms with Gasteiger partial charge in [-0.25, -0.2) is 19.9 Å². The molecule has 4 aromatic heterocycles. The molecule has 406 valence electrons. The number of aromatic amines is 1. The maximum Gasteiger partial charge on any atom is 0.160 e. The molecule has 0 fully saturated rings. The molecule has 0 unspecified atom stereocenters. The summed E-state index contributed by atoms with van der Waals surface area (Å²) in [4.78, 5) is 23.3. The summed E-state index contributed by atoms with van der Waals surface area (Å²) in [5, 5.41) is 17.9. The molecular formula is C80H50ClN6+. The number of hydrogen-bond donors (Lipinski definition) is 1. The third-order valence-electron chi connectivity index (χ3n) is 16.6. The van der Waals surface area contributed by atoms with Crippen LogP contribution in [0, 0.1) is 0 Å². The van der Waals surface area contributed by atoms with Crippen LogP contribution in [-0.4, -0.2) is 29.5 Å². The molecule has 6 nitrogen and oxygen atoms in total. The first-order chi connectivity index (χ1) is 43.1. The van der Waals surface area contributed by atoms with Gasteiger partial charge in [0.15, 0.2) is 16.9 Å². The van der Waals surface area contributed by atoms with Gasteiger partial charge in [-0.05, 0) is 86.9 Å². The second-order valence-corrected chi connectivity index (χ2v) is 22.2. The van der Waals surface area contributed by atoms with Crippen LogP contribution in [0.1, 0.15) is 0 Å². The van der Waals surface area contributed by atoms with E-state index < -0.39 is 0 Å². The first kappa shape index (κ1) is 51.3. The highest BCUT2D eigenvalue weighted by Gasteiger charge is 2.20. The number of allylic oxidation sites excluding steroid dienone is 2. The van der Waals surface area contributed by atoms with Crippen molar-refractivity contribution < 1.29 is 0 Å². The summed E-state index contributed by atoms with van der Waals surface area (Å²) in [6.07, 6.45) is 9.55. The van der Waals surface area contributed by atoms with Gasteiger partial charge in [-0.3, -0.25) is 0 Å². The Bertz CT molecular complexity index is 5610. The van der Waals surface area contributed by atoms with Gasteiger partial charge in [0.2, 0.25) is 0 Å². The van der Waals surface area contributed by atoms with Crippen LogP contribution in [0.25, 0.3) is 161 Å². The zero-order valence-electron chi connectivity index (χ0n) is 46.9. The molecule has 1 aliphatic rings. The third kappa shape index (κ3) is 9.21. The number of aromatic nitrogens is 6. The van der Waals surface area contributed by atoms with E-state index in [1.807, 2.05) is 97.1 Å². The van der Waals surface area contributed by atoms with Crippen LogP contribution < -0.4 is 10.4 Å². The number of halogens is 1. The first-order valence-electron chi connectivity index (χ1n) is 29.1.